The molecule has 11 heteroatoms. The second-order valence-electron chi connectivity index (χ2n) is 7.02. The number of nitrogens with one attached hydrogen (secondary N) is 1. The number of pyridine rings is 1. The van der Waals surface area contributed by atoms with E-state index in [1.165, 1.54) is 6.20 Å². The van der Waals surface area contributed by atoms with Crippen molar-refractivity contribution in [2.45, 2.75) is 32.9 Å². The normalized spacial score (nSPS) is 16.5. The lowest BCUT2D eigenvalue weighted by molar-refractivity contribution is 0.0542. The minimum absolute atomic E-state index is 0.0905. The number of hydrogen-bond donors (Lipinski definition) is 1. The summed E-state index contributed by atoms with van der Waals surface area (Å²) in [5, 5.41) is 10.1. The summed E-state index contributed by atoms with van der Waals surface area (Å²) in [5.41, 5.74) is 2.34. The molecule has 1 saturated heterocycles. The van der Waals surface area contributed by atoms with E-state index in [4.69, 9.17) is 16.3 Å². The zero-order chi connectivity index (χ0) is 21.4. The highest BCUT2D eigenvalue weighted by Crippen LogP contribution is 2.32. The van der Waals surface area contributed by atoms with Crippen LogP contribution < -0.4 is 15.2 Å². The largest absolute Gasteiger partial charge is 0.472 e. The molecule has 0 aliphatic carbocycles. The molecule has 0 spiro atoms. The molecular formula is C19H19ClF2N6O2. The van der Waals surface area contributed by atoms with Gasteiger partial charge >= 0.3 is 6.55 Å². The molecule has 0 amide bonds. The first-order valence-electron chi connectivity index (χ1n) is 9.30. The fourth-order valence-corrected chi connectivity index (χ4v) is 3.92. The van der Waals surface area contributed by atoms with E-state index >= 15 is 0 Å². The maximum Gasteiger partial charge on any atom is 0.333 e. The summed E-state index contributed by atoms with van der Waals surface area (Å²) < 4.78 is 33.0. The Kier molecular flexibility index (Phi) is 5.42. The van der Waals surface area contributed by atoms with Crippen LogP contribution in [0, 0.1) is 13.8 Å². The van der Waals surface area contributed by atoms with Gasteiger partial charge in [0, 0.05) is 36.5 Å². The van der Waals surface area contributed by atoms with Crippen molar-refractivity contribution < 1.29 is 13.5 Å². The van der Waals surface area contributed by atoms with E-state index in [0.717, 1.165) is 0 Å². The summed E-state index contributed by atoms with van der Waals surface area (Å²) in [4.78, 5) is 17.8. The summed E-state index contributed by atoms with van der Waals surface area (Å²) >= 11 is 6.08. The minimum Gasteiger partial charge on any atom is -0.472 e. The number of H-pyrrole nitrogens is 1. The van der Waals surface area contributed by atoms with E-state index in [1.807, 2.05) is 4.90 Å². The van der Waals surface area contributed by atoms with Crippen LogP contribution in [-0.4, -0.2) is 44.2 Å². The van der Waals surface area contributed by atoms with Gasteiger partial charge in [0.05, 0.1) is 24.1 Å². The monoisotopic (exact) mass is 436 g/mol. The molecule has 158 valence electrons. The van der Waals surface area contributed by atoms with Crippen LogP contribution in [0.3, 0.4) is 0 Å². The molecule has 4 rings (SSSR count). The molecular weight excluding hydrogens is 418 g/mol. The number of rotatable bonds is 5. The van der Waals surface area contributed by atoms with Gasteiger partial charge in [0.25, 0.3) is 5.56 Å². The summed E-state index contributed by atoms with van der Waals surface area (Å²) in [6.07, 6.45) is 3.62. The van der Waals surface area contributed by atoms with Crippen LogP contribution in [-0.2, 0) is 0 Å². The summed E-state index contributed by atoms with van der Waals surface area (Å²) in [6.45, 7) is 1.76. The average Bonchev–Trinajstić information content (AvgIpc) is 3.28. The summed E-state index contributed by atoms with van der Waals surface area (Å²) in [6, 6.07) is 3.46. The highest BCUT2D eigenvalue weighted by atomic mass is 35.5. The van der Waals surface area contributed by atoms with Gasteiger partial charge in [-0.3, -0.25) is 4.79 Å². The van der Waals surface area contributed by atoms with E-state index < -0.39 is 12.1 Å². The van der Waals surface area contributed by atoms with Gasteiger partial charge in [0.2, 0.25) is 5.88 Å². The lowest BCUT2D eigenvalue weighted by Gasteiger charge is -2.19. The first-order valence-corrected chi connectivity index (χ1v) is 9.68. The van der Waals surface area contributed by atoms with E-state index in [9.17, 15) is 13.6 Å². The van der Waals surface area contributed by atoms with Gasteiger partial charge in [0.15, 0.2) is 0 Å². The van der Waals surface area contributed by atoms with Crippen LogP contribution in [0.15, 0.2) is 29.3 Å². The number of ether oxygens (including phenoxy) is 1. The quantitative estimate of drug-likeness (QED) is 0.659. The average molecular weight is 437 g/mol. The van der Waals surface area contributed by atoms with Crippen molar-refractivity contribution in [3.63, 3.8) is 0 Å². The predicted octanol–water partition coefficient (Wildman–Crippen LogP) is 3.35. The van der Waals surface area contributed by atoms with E-state index in [1.54, 1.807) is 32.2 Å². The number of aryl methyl sites for hydroxylation is 1. The van der Waals surface area contributed by atoms with Gasteiger partial charge in [0.1, 0.15) is 11.1 Å². The predicted molar refractivity (Wildman–Crippen MR) is 107 cm³/mol. The van der Waals surface area contributed by atoms with Crippen molar-refractivity contribution in [2.24, 2.45) is 0 Å². The van der Waals surface area contributed by atoms with Crippen LogP contribution in [0.5, 0.6) is 5.88 Å². The van der Waals surface area contributed by atoms with E-state index in [-0.39, 0.29) is 11.1 Å². The number of halogens is 3. The molecule has 0 radical (unpaired) electrons. The van der Waals surface area contributed by atoms with Gasteiger partial charge in [-0.2, -0.15) is 19.0 Å². The third-order valence-corrected chi connectivity index (χ3v) is 5.45. The molecule has 8 nitrogen and oxygen atoms in total. The van der Waals surface area contributed by atoms with Gasteiger partial charge in [-0.15, -0.1) is 0 Å². The molecule has 1 aliphatic heterocycles. The van der Waals surface area contributed by atoms with Crippen molar-refractivity contribution in [3.8, 4) is 17.0 Å². The van der Waals surface area contributed by atoms with Crippen molar-refractivity contribution >= 4 is 17.3 Å². The topological polar surface area (TPSA) is 88.9 Å². The van der Waals surface area contributed by atoms with Crippen molar-refractivity contribution in [3.05, 3.63) is 51.3 Å². The zero-order valence-electron chi connectivity index (χ0n) is 16.3. The standard InChI is InChI=1S/C19H19ClF2N6O2/c1-10-16(11(2)28(26-10)19(21)22)12-3-5-23-15(7-12)30-13-4-6-27(9-13)14-8-24-25-18(29)17(14)20/h3,5,7-8,13,19H,4,6,9H2,1-2H3,(H,25,29)/t13-/m1/s1. The third-order valence-electron chi connectivity index (χ3n) is 5.08. The molecule has 1 atom stereocenters. The van der Waals surface area contributed by atoms with Crippen LogP contribution in [0.4, 0.5) is 14.5 Å². The van der Waals surface area contributed by atoms with Crippen LogP contribution in [0.2, 0.25) is 5.02 Å². The molecule has 4 heterocycles. The summed E-state index contributed by atoms with van der Waals surface area (Å²) in [5.74, 6) is 0.387. The minimum atomic E-state index is -2.70. The first kappa shape index (κ1) is 20.3. The van der Waals surface area contributed by atoms with E-state index in [2.05, 4.69) is 20.3 Å². The zero-order valence-corrected chi connectivity index (χ0v) is 17.0. The van der Waals surface area contributed by atoms with E-state index in [0.29, 0.717) is 58.3 Å². The molecule has 1 fully saturated rings. The van der Waals surface area contributed by atoms with Gasteiger partial charge in [-0.25, -0.2) is 14.8 Å². The number of hydrogen-bond acceptors (Lipinski definition) is 6. The van der Waals surface area contributed by atoms with Crippen LogP contribution in [0.1, 0.15) is 24.4 Å². The Morgan fingerprint density at radius 3 is 2.90 bits per heavy atom. The molecule has 1 N–H and O–H groups in total. The maximum atomic E-state index is 13.1. The lowest BCUT2D eigenvalue weighted by atomic mass is 10.1. The molecule has 0 bridgehead atoms. The SMILES string of the molecule is Cc1nn(C(F)F)c(C)c1-c1ccnc(O[C@@H]2CCN(c3cn[nH]c(=O)c3Cl)C2)c1. The molecule has 3 aromatic rings. The Labute approximate surface area is 175 Å². The Balaban J connectivity index is 1.52. The van der Waals surface area contributed by atoms with Crippen LogP contribution >= 0.6 is 11.6 Å². The molecule has 0 unspecified atom stereocenters. The highest BCUT2D eigenvalue weighted by molar-refractivity contribution is 6.33. The van der Waals surface area contributed by atoms with Gasteiger partial charge in [-0.05, 0) is 25.5 Å². The molecule has 1 aliphatic rings. The lowest BCUT2D eigenvalue weighted by Crippen LogP contribution is -2.26. The van der Waals surface area contributed by atoms with Crippen molar-refractivity contribution in [1.82, 2.24) is 25.0 Å². The fraction of sp³-hybridized carbons (Fsp3) is 0.368. The number of nitrogens with zero attached hydrogens (tertiary/aromatic N) is 5. The van der Waals surface area contributed by atoms with Crippen LogP contribution in [0.25, 0.3) is 11.1 Å². The number of aromatic nitrogens is 5. The second kappa shape index (κ2) is 8.02. The number of aromatic amines is 1. The second-order valence-corrected chi connectivity index (χ2v) is 7.40. The molecule has 0 saturated carbocycles. The molecule has 30 heavy (non-hydrogen) atoms. The Bertz CT molecular complexity index is 1130. The Morgan fingerprint density at radius 2 is 2.17 bits per heavy atom. The molecule has 0 aromatic carbocycles. The fourth-order valence-electron chi connectivity index (χ4n) is 3.71. The number of alkyl halides is 2. The molecule has 3 aromatic heterocycles. The van der Waals surface area contributed by atoms with Crippen molar-refractivity contribution in [2.75, 3.05) is 18.0 Å². The first-order chi connectivity index (χ1) is 14.3. The number of anilines is 1. The van der Waals surface area contributed by atoms with Gasteiger partial charge < -0.3 is 9.64 Å². The Hall–Kier alpha value is -3.01. The summed E-state index contributed by atoms with van der Waals surface area (Å²) in [7, 11) is 0. The van der Waals surface area contributed by atoms with Gasteiger partial charge in [-0.1, -0.05) is 11.6 Å². The third kappa shape index (κ3) is 3.74. The highest BCUT2D eigenvalue weighted by Gasteiger charge is 2.27. The van der Waals surface area contributed by atoms with Crippen molar-refractivity contribution in [1.29, 1.82) is 0 Å². The smallest absolute Gasteiger partial charge is 0.333 e. The Morgan fingerprint density at radius 1 is 1.37 bits per heavy atom. The maximum absolute atomic E-state index is 13.1.